The largest absolute Gasteiger partial charge is 0.503 e. The highest BCUT2D eigenvalue weighted by molar-refractivity contribution is 7.22. The van der Waals surface area contributed by atoms with E-state index in [2.05, 4.69) is 18.8 Å². The number of ether oxygens (including phenoxy) is 2. The second-order valence-corrected chi connectivity index (χ2v) is 10.2. The van der Waals surface area contributed by atoms with E-state index in [4.69, 9.17) is 13.9 Å². The van der Waals surface area contributed by atoms with Crippen molar-refractivity contribution in [3.05, 3.63) is 83.3 Å². The van der Waals surface area contributed by atoms with E-state index < -0.39 is 29.3 Å². The van der Waals surface area contributed by atoms with Crippen molar-refractivity contribution in [3.8, 4) is 11.5 Å². The molecule has 0 aliphatic carbocycles. The molecule has 5 rings (SSSR count). The molecule has 0 bridgehead atoms. The molecule has 4 aromatic rings. The summed E-state index contributed by atoms with van der Waals surface area (Å²) in [6.45, 7) is 4.69. The second kappa shape index (κ2) is 10.3. The number of aliphatic hydroxyl groups excluding tert-OH is 1. The number of methoxy groups -OCH3 is 1. The van der Waals surface area contributed by atoms with E-state index in [1.54, 1.807) is 24.3 Å². The maximum atomic E-state index is 13.9. The number of hydrogen-bond acceptors (Lipinski definition) is 8. The van der Waals surface area contributed by atoms with Crippen LogP contribution < -0.4 is 14.4 Å². The zero-order chi connectivity index (χ0) is 27.0. The van der Waals surface area contributed by atoms with Gasteiger partial charge in [-0.2, -0.15) is 0 Å². The zero-order valence-electron chi connectivity index (χ0n) is 20.9. The van der Waals surface area contributed by atoms with Crippen LogP contribution >= 0.6 is 11.3 Å². The van der Waals surface area contributed by atoms with Crippen LogP contribution in [0.4, 0.5) is 9.52 Å². The number of rotatable bonds is 9. The van der Waals surface area contributed by atoms with Gasteiger partial charge in [-0.15, -0.1) is 0 Å². The van der Waals surface area contributed by atoms with Gasteiger partial charge in [-0.05, 0) is 60.4 Å². The molecule has 1 aliphatic rings. The lowest BCUT2D eigenvalue weighted by Crippen LogP contribution is -2.31. The van der Waals surface area contributed by atoms with E-state index in [0.717, 1.165) is 17.8 Å². The maximum absolute atomic E-state index is 13.9. The second-order valence-electron chi connectivity index (χ2n) is 9.20. The van der Waals surface area contributed by atoms with Crippen LogP contribution in [0, 0.1) is 11.7 Å². The Morgan fingerprint density at radius 3 is 2.74 bits per heavy atom. The quantitative estimate of drug-likeness (QED) is 0.253. The van der Waals surface area contributed by atoms with Gasteiger partial charge in [0.2, 0.25) is 5.78 Å². The van der Waals surface area contributed by atoms with E-state index in [0.29, 0.717) is 39.8 Å². The number of carbonyl (C=O) groups is 2. The molecule has 196 valence electrons. The van der Waals surface area contributed by atoms with Crippen LogP contribution in [0.1, 0.15) is 42.4 Å². The average Bonchev–Trinajstić information content (AvgIpc) is 3.62. The molecule has 3 heterocycles. The van der Waals surface area contributed by atoms with Crippen molar-refractivity contribution in [1.82, 2.24) is 4.98 Å². The van der Waals surface area contributed by atoms with Crippen molar-refractivity contribution in [1.29, 1.82) is 0 Å². The predicted molar refractivity (Wildman–Crippen MR) is 140 cm³/mol. The number of anilines is 1. The fraction of sp³-hybridized carbons (Fsp3) is 0.250. The minimum absolute atomic E-state index is 0.0295. The third kappa shape index (κ3) is 4.63. The van der Waals surface area contributed by atoms with Gasteiger partial charge in [-0.1, -0.05) is 31.3 Å². The van der Waals surface area contributed by atoms with Crippen LogP contribution in [-0.4, -0.2) is 35.5 Å². The Balaban J connectivity index is 1.61. The lowest BCUT2D eigenvalue weighted by atomic mass is 9.95. The number of amides is 1. The van der Waals surface area contributed by atoms with E-state index in [1.165, 1.54) is 42.5 Å². The summed E-state index contributed by atoms with van der Waals surface area (Å²) in [5, 5.41) is 11.1. The summed E-state index contributed by atoms with van der Waals surface area (Å²) in [6.07, 6.45) is 2.19. The molecule has 0 saturated carbocycles. The van der Waals surface area contributed by atoms with Crippen molar-refractivity contribution in [3.63, 3.8) is 0 Å². The van der Waals surface area contributed by atoms with Crippen molar-refractivity contribution < 1.29 is 33.0 Å². The van der Waals surface area contributed by atoms with Crippen molar-refractivity contribution in [2.24, 2.45) is 5.92 Å². The maximum Gasteiger partial charge on any atom is 0.296 e. The highest BCUT2D eigenvalue weighted by atomic mass is 32.1. The molecule has 10 heteroatoms. The standard InChI is InChI=1S/C28H25FN2O6S/c1-15(2)10-12-37-19-9-6-16(13-21(19)35-3)24-23(25(32)20-5-4-11-36-20)26(33)27(34)31(24)28-30-18-8-7-17(29)14-22(18)38-28/h4-9,11,13-15,24,33H,10,12H2,1-3H3. The minimum Gasteiger partial charge on any atom is -0.503 e. The Morgan fingerprint density at radius 2 is 2.03 bits per heavy atom. The first kappa shape index (κ1) is 25.5. The van der Waals surface area contributed by atoms with Crippen LogP contribution in [0.15, 0.2) is 70.5 Å². The number of fused-ring (bicyclic) bond motifs is 1. The predicted octanol–water partition coefficient (Wildman–Crippen LogP) is 6.24. The van der Waals surface area contributed by atoms with Gasteiger partial charge in [0.05, 0.1) is 41.8 Å². The van der Waals surface area contributed by atoms with Gasteiger partial charge >= 0.3 is 0 Å². The number of nitrogens with zero attached hydrogens (tertiary/aromatic N) is 2. The molecule has 0 fully saturated rings. The van der Waals surface area contributed by atoms with Gasteiger partial charge < -0.3 is 19.0 Å². The SMILES string of the molecule is COc1cc(C2C(C(=O)c3ccco3)=C(O)C(=O)N2c2nc3ccc(F)cc3s2)ccc1OCCC(C)C. The monoisotopic (exact) mass is 536 g/mol. The fourth-order valence-corrected chi connectivity index (χ4v) is 5.27. The summed E-state index contributed by atoms with van der Waals surface area (Å²) in [6, 6.07) is 11.1. The molecule has 1 atom stereocenters. The Hall–Kier alpha value is -4.18. The summed E-state index contributed by atoms with van der Waals surface area (Å²) in [5.74, 6) is -1.25. The molecule has 1 aliphatic heterocycles. The molecular formula is C28H25FN2O6S. The number of aromatic nitrogens is 1. The lowest BCUT2D eigenvalue weighted by molar-refractivity contribution is -0.117. The molecule has 38 heavy (non-hydrogen) atoms. The minimum atomic E-state index is -1.05. The van der Waals surface area contributed by atoms with Crippen LogP contribution in [0.3, 0.4) is 0 Å². The highest BCUT2D eigenvalue weighted by Gasteiger charge is 2.46. The van der Waals surface area contributed by atoms with E-state index in [1.807, 2.05) is 0 Å². The zero-order valence-corrected chi connectivity index (χ0v) is 21.8. The molecule has 2 aromatic heterocycles. The van der Waals surface area contributed by atoms with Gasteiger partial charge in [0.1, 0.15) is 5.82 Å². The number of benzene rings is 2. The Kier molecular flexibility index (Phi) is 6.90. The molecule has 1 unspecified atom stereocenters. The van der Waals surface area contributed by atoms with Gasteiger partial charge in [-0.3, -0.25) is 14.5 Å². The lowest BCUT2D eigenvalue weighted by Gasteiger charge is -2.25. The number of ketones is 1. The smallest absolute Gasteiger partial charge is 0.296 e. The van der Waals surface area contributed by atoms with Crippen molar-refractivity contribution >= 4 is 38.4 Å². The average molecular weight is 537 g/mol. The number of aliphatic hydroxyl groups is 1. The Bertz CT molecular complexity index is 1540. The Labute approximate surface area is 221 Å². The fourth-order valence-electron chi connectivity index (χ4n) is 4.26. The molecule has 1 N–H and O–H groups in total. The summed E-state index contributed by atoms with van der Waals surface area (Å²) in [5.41, 5.74) is 0.802. The third-order valence-electron chi connectivity index (χ3n) is 6.20. The van der Waals surface area contributed by atoms with Crippen molar-refractivity contribution in [2.75, 3.05) is 18.6 Å². The molecule has 1 amide bonds. The normalized spacial score (nSPS) is 15.7. The number of halogens is 1. The van der Waals surface area contributed by atoms with Gasteiger partial charge in [0.25, 0.3) is 5.91 Å². The first-order valence-electron chi connectivity index (χ1n) is 12.0. The summed E-state index contributed by atoms with van der Waals surface area (Å²) in [7, 11) is 1.50. The highest BCUT2D eigenvalue weighted by Crippen LogP contribution is 2.45. The number of furan rings is 1. The molecule has 0 spiro atoms. The number of carbonyl (C=O) groups excluding carboxylic acids is 2. The molecule has 8 nitrogen and oxygen atoms in total. The summed E-state index contributed by atoms with van der Waals surface area (Å²) >= 11 is 1.08. The van der Waals surface area contributed by atoms with E-state index >= 15 is 0 Å². The first-order valence-corrected chi connectivity index (χ1v) is 12.8. The van der Waals surface area contributed by atoms with E-state index in [9.17, 15) is 19.1 Å². The number of hydrogen-bond donors (Lipinski definition) is 1. The molecule has 0 saturated heterocycles. The van der Waals surface area contributed by atoms with Crippen LogP contribution in [-0.2, 0) is 4.79 Å². The third-order valence-corrected chi connectivity index (χ3v) is 7.22. The van der Waals surface area contributed by atoms with Crippen LogP contribution in [0.25, 0.3) is 10.2 Å². The molecule has 2 aromatic carbocycles. The molecular weight excluding hydrogens is 511 g/mol. The summed E-state index contributed by atoms with van der Waals surface area (Å²) < 4.78 is 31.1. The van der Waals surface area contributed by atoms with Gasteiger partial charge in [0.15, 0.2) is 28.1 Å². The van der Waals surface area contributed by atoms with Crippen LogP contribution in [0.5, 0.6) is 11.5 Å². The Morgan fingerprint density at radius 1 is 1.21 bits per heavy atom. The summed E-state index contributed by atoms with van der Waals surface area (Å²) in [4.78, 5) is 32.6. The topological polar surface area (TPSA) is 102 Å². The van der Waals surface area contributed by atoms with Crippen LogP contribution in [0.2, 0.25) is 0 Å². The van der Waals surface area contributed by atoms with E-state index in [-0.39, 0.29) is 16.5 Å². The number of Topliss-reactive ketones (excluding diaryl/α,β-unsaturated/α-hetero) is 1. The number of thiazole rings is 1. The molecule has 0 radical (unpaired) electrons. The van der Waals surface area contributed by atoms with Gasteiger partial charge in [0, 0.05) is 0 Å². The first-order chi connectivity index (χ1) is 18.3. The van der Waals surface area contributed by atoms with Crippen molar-refractivity contribution in [2.45, 2.75) is 26.3 Å². The van der Waals surface area contributed by atoms with Gasteiger partial charge in [-0.25, -0.2) is 9.37 Å².